The van der Waals surface area contributed by atoms with Crippen LogP contribution in [0.25, 0.3) is 0 Å². The van der Waals surface area contributed by atoms with E-state index in [1.54, 1.807) is 0 Å². The Bertz CT molecular complexity index is 561. The van der Waals surface area contributed by atoms with Gasteiger partial charge < -0.3 is 5.73 Å². The molecule has 3 N–H and O–H groups in total. The third-order valence-corrected chi connectivity index (χ3v) is 4.61. The van der Waals surface area contributed by atoms with Gasteiger partial charge in [0.05, 0.1) is 4.90 Å². The normalized spacial score (nSPS) is 12.6. The molecule has 4 nitrogen and oxygen atoms in total. The lowest BCUT2D eigenvalue weighted by Crippen LogP contribution is -2.25. The molecule has 1 rings (SSSR count). The van der Waals surface area contributed by atoms with Gasteiger partial charge in [-0.05, 0) is 47.0 Å². The summed E-state index contributed by atoms with van der Waals surface area (Å²) in [6.45, 7) is -0.0413. The van der Waals surface area contributed by atoms with Crippen molar-refractivity contribution in [3.63, 3.8) is 0 Å². The molecule has 0 aliphatic rings. The second kappa shape index (κ2) is 6.77. The fourth-order valence-corrected chi connectivity index (χ4v) is 3.05. The number of anilines is 1. The van der Waals surface area contributed by atoms with Crippen molar-refractivity contribution in [1.29, 1.82) is 0 Å². The highest BCUT2D eigenvalue weighted by molar-refractivity contribution is 9.10. The summed E-state index contributed by atoms with van der Waals surface area (Å²) in [6, 6.07) is 4.10. The summed E-state index contributed by atoms with van der Waals surface area (Å²) in [4.78, 5) is 0.00870. The molecule has 0 radical (unpaired) electrons. The Morgan fingerprint density at radius 3 is 2.45 bits per heavy atom. The van der Waals surface area contributed by atoms with E-state index in [-0.39, 0.29) is 24.3 Å². The standard InChI is InChI=1S/C11H14BrF3N2O2S/c12-9-7-8(3-4-10(9)16)20(18,19)17-6-2-1-5-11(13,14)15/h3-4,7,17H,1-2,5-6,16H2. The van der Waals surface area contributed by atoms with Crippen molar-refractivity contribution in [3.8, 4) is 0 Å². The lowest BCUT2D eigenvalue weighted by molar-refractivity contribution is -0.135. The van der Waals surface area contributed by atoms with E-state index >= 15 is 0 Å². The van der Waals surface area contributed by atoms with Crippen LogP contribution in [0.5, 0.6) is 0 Å². The molecule has 1 aromatic carbocycles. The van der Waals surface area contributed by atoms with Gasteiger partial charge in [-0.2, -0.15) is 13.2 Å². The molecule has 0 bridgehead atoms. The van der Waals surface area contributed by atoms with Crippen LogP contribution in [-0.2, 0) is 10.0 Å². The number of nitrogens with one attached hydrogen (secondary N) is 1. The second-order valence-electron chi connectivity index (χ2n) is 4.15. The maximum absolute atomic E-state index is 11.9. The van der Waals surface area contributed by atoms with Gasteiger partial charge in [0.2, 0.25) is 10.0 Å². The predicted octanol–water partition coefficient (Wildman–Crippen LogP) is 3.04. The second-order valence-corrected chi connectivity index (χ2v) is 6.77. The van der Waals surface area contributed by atoms with Gasteiger partial charge in [-0.25, -0.2) is 13.1 Å². The number of hydrogen-bond donors (Lipinski definition) is 2. The van der Waals surface area contributed by atoms with E-state index in [0.717, 1.165) is 0 Å². The Labute approximate surface area is 123 Å². The minimum Gasteiger partial charge on any atom is -0.398 e. The number of rotatable bonds is 6. The maximum atomic E-state index is 11.9. The topological polar surface area (TPSA) is 72.2 Å². The molecular formula is C11H14BrF3N2O2S. The van der Waals surface area contributed by atoms with Gasteiger partial charge in [0.1, 0.15) is 0 Å². The number of hydrogen-bond acceptors (Lipinski definition) is 3. The highest BCUT2D eigenvalue weighted by Crippen LogP contribution is 2.23. The average Bonchev–Trinajstić information content (AvgIpc) is 2.30. The number of unbranched alkanes of at least 4 members (excludes halogenated alkanes) is 1. The molecule has 0 aliphatic heterocycles. The van der Waals surface area contributed by atoms with Crippen LogP contribution in [0, 0.1) is 0 Å². The molecule has 0 spiro atoms. The van der Waals surface area contributed by atoms with E-state index in [9.17, 15) is 21.6 Å². The van der Waals surface area contributed by atoms with Crippen molar-refractivity contribution >= 4 is 31.6 Å². The van der Waals surface area contributed by atoms with E-state index in [2.05, 4.69) is 20.7 Å². The Hall–Kier alpha value is -0.800. The first-order chi connectivity index (χ1) is 9.12. The quantitative estimate of drug-likeness (QED) is 0.593. The van der Waals surface area contributed by atoms with Crippen LogP contribution in [0.15, 0.2) is 27.6 Å². The Morgan fingerprint density at radius 1 is 1.25 bits per heavy atom. The Kier molecular flexibility index (Phi) is 5.84. The van der Waals surface area contributed by atoms with Crippen molar-refractivity contribution in [3.05, 3.63) is 22.7 Å². The summed E-state index contributed by atoms with van der Waals surface area (Å²) in [5.74, 6) is 0. The molecule has 0 aromatic heterocycles. The zero-order valence-electron chi connectivity index (χ0n) is 10.4. The zero-order valence-corrected chi connectivity index (χ0v) is 12.8. The van der Waals surface area contributed by atoms with E-state index in [4.69, 9.17) is 5.73 Å². The zero-order chi connectivity index (χ0) is 15.4. The molecule has 0 fully saturated rings. The molecule has 0 amide bonds. The number of nitrogen functional groups attached to an aromatic ring is 1. The van der Waals surface area contributed by atoms with Crippen LogP contribution >= 0.6 is 15.9 Å². The maximum Gasteiger partial charge on any atom is 0.389 e. The number of nitrogens with two attached hydrogens (primary N) is 1. The van der Waals surface area contributed by atoms with Gasteiger partial charge in [0, 0.05) is 23.1 Å². The van der Waals surface area contributed by atoms with Crippen molar-refractivity contribution < 1.29 is 21.6 Å². The van der Waals surface area contributed by atoms with Gasteiger partial charge in [-0.15, -0.1) is 0 Å². The fraction of sp³-hybridized carbons (Fsp3) is 0.455. The molecule has 0 atom stereocenters. The summed E-state index contributed by atoms with van der Waals surface area (Å²) >= 11 is 3.11. The molecular weight excluding hydrogens is 361 g/mol. The minimum atomic E-state index is -4.21. The number of benzene rings is 1. The van der Waals surface area contributed by atoms with E-state index in [1.165, 1.54) is 18.2 Å². The van der Waals surface area contributed by atoms with Crippen molar-refractivity contribution in [2.75, 3.05) is 12.3 Å². The highest BCUT2D eigenvalue weighted by Gasteiger charge is 2.26. The monoisotopic (exact) mass is 374 g/mol. The fourth-order valence-electron chi connectivity index (χ4n) is 1.42. The molecule has 0 heterocycles. The molecule has 9 heteroatoms. The van der Waals surface area contributed by atoms with Crippen LogP contribution in [0.3, 0.4) is 0 Å². The lowest BCUT2D eigenvalue weighted by atomic mass is 10.2. The summed E-state index contributed by atoms with van der Waals surface area (Å²) < 4.78 is 62.1. The van der Waals surface area contributed by atoms with Crippen molar-refractivity contribution in [2.24, 2.45) is 0 Å². The van der Waals surface area contributed by atoms with Crippen LogP contribution < -0.4 is 10.5 Å². The molecule has 0 saturated heterocycles. The molecule has 20 heavy (non-hydrogen) atoms. The third-order valence-electron chi connectivity index (χ3n) is 2.46. The Morgan fingerprint density at radius 2 is 1.90 bits per heavy atom. The predicted molar refractivity (Wildman–Crippen MR) is 73.6 cm³/mol. The van der Waals surface area contributed by atoms with Crippen LogP contribution in [0.4, 0.5) is 18.9 Å². The third kappa shape index (κ3) is 5.68. The summed E-state index contributed by atoms with van der Waals surface area (Å²) in [7, 11) is -3.73. The summed E-state index contributed by atoms with van der Waals surface area (Å²) in [6.07, 6.45) is -5.12. The largest absolute Gasteiger partial charge is 0.398 e. The van der Waals surface area contributed by atoms with E-state index in [0.29, 0.717) is 10.2 Å². The number of halogens is 4. The van der Waals surface area contributed by atoms with E-state index < -0.39 is 22.6 Å². The van der Waals surface area contributed by atoms with Gasteiger partial charge in [0.15, 0.2) is 0 Å². The SMILES string of the molecule is Nc1ccc(S(=O)(=O)NCCCCC(F)(F)F)cc1Br. The van der Waals surface area contributed by atoms with Gasteiger partial charge in [-0.1, -0.05) is 0 Å². The average molecular weight is 375 g/mol. The highest BCUT2D eigenvalue weighted by atomic mass is 79.9. The molecule has 0 saturated carbocycles. The molecule has 1 aromatic rings. The van der Waals surface area contributed by atoms with Crippen LogP contribution in [0.2, 0.25) is 0 Å². The first kappa shape index (κ1) is 17.3. The van der Waals surface area contributed by atoms with E-state index in [1.807, 2.05) is 0 Å². The first-order valence-corrected chi connectivity index (χ1v) is 8.01. The first-order valence-electron chi connectivity index (χ1n) is 5.73. The smallest absolute Gasteiger partial charge is 0.389 e. The van der Waals surface area contributed by atoms with Crippen LogP contribution in [-0.4, -0.2) is 21.1 Å². The van der Waals surface area contributed by atoms with Crippen molar-refractivity contribution in [1.82, 2.24) is 4.72 Å². The minimum absolute atomic E-state index is 0.00870. The van der Waals surface area contributed by atoms with Gasteiger partial charge >= 0.3 is 6.18 Å². The van der Waals surface area contributed by atoms with Gasteiger partial charge in [0.25, 0.3) is 0 Å². The Balaban J connectivity index is 2.52. The van der Waals surface area contributed by atoms with Crippen LogP contribution in [0.1, 0.15) is 19.3 Å². The molecule has 0 unspecified atom stereocenters. The summed E-state index contributed by atoms with van der Waals surface area (Å²) in [5, 5.41) is 0. The lowest BCUT2D eigenvalue weighted by Gasteiger charge is -2.09. The molecule has 0 aliphatic carbocycles. The number of sulfonamides is 1. The number of alkyl halides is 3. The molecule has 114 valence electrons. The van der Waals surface area contributed by atoms with Gasteiger partial charge in [-0.3, -0.25) is 0 Å². The summed E-state index contributed by atoms with van der Waals surface area (Å²) in [5.41, 5.74) is 5.94. The van der Waals surface area contributed by atoms with Crippen molar-refractivity contribution in [2.45, 2.75) is 30.3 Å².